The first-order valence-electron chi connectivity index (χ1n) is 7.11. The molecule has 1 saturated carbocycles. The van der Waals surface area contributed by atoms with Gasteiger partial charge in [-0.2, -0.15) is 0 Å². The Morgan fingerprint density at radius 2 is 2.00 bits per heavy atom. The van der Waals surface area contributed by atoms with Crippen LogP contribution in [0.15, 0.2) is 0 Å². The summed E-state index contributed by atoms with van der Waals surface area (Å²) in [5.41, 5.74) is 5.90. The van der Waals surface area contributed by atoms with Crippen molar-refractivity contribution in [1.82, 2.24) is 10.2 Å². The molecule has 20 heavy (non-hydrogen) atoms. The zero-order valence-electron chi connectivity index (χ0n) is 13.1. The normalized spacial score (nSPS) is 25.9. The summed E-state index contributed by atoms with van der Waals surface area (Å²) in [6, 6.07) is 0.511. The molecular formula is C14H31Cl2N3O. The molecule has 0 spiro atoms. The molecule has 0 aromatic rings. The van der Waals surface area contributed by atoms with Crippen LogP contribution in [0, 0.1) is 5.92 Å². The van der Waals surface area contributed by atoms with Crippen molar-refractivity contribution < 1.29 is 4.79 Å². The Kier molecular flexibility index (Phi) is 10.9. The molecule has 0 aliphatic heterocycles. The molecule has 2 unspecified atom stereocenters. The van der Waals surface area contributed by atoms with Crippen LogP contribution < -0.4 is 11.1 Å². The number of halogens is 2. The molecule has 1 fully saturated rings. The minimum absolute atomic E-state index is 0. The highest BCUT2D eigenvalue weighted by Crippen LogP contribution is 2.31. The highest BCUT2D eigenvalue weighted by atomic mass is 35.5. The first-order chi connectivity index (χ1) is 8.34. The Hall–Kier alpha value is -0.0300. The van der Waals surface area contributed by atoms with E-state index < -0.39 is 0 Å². The van der Waals surface area contributed by atoms with Gasteiger partial charge in [0.2, 0.25) is 5.91 Å². The van der Waals surface area contributed by atoms with Crippen LogP contribution in [0.5, 0.6) is 0 Å². The van der Waals surface area contributed by atoms with Crippen molar-refractivity contribution in [2.75, 3.05) is 20.1 Å². The SMILES string of the molecule is CC(C)N(C)CCNC(=O)C1CCCCC1(C)N.Cl.Cl. The van der Waals surface area contributed by atoms with Gasteiger partial charge in [0.05, 0.1) is 5.92 Å². The number of carbonyl (C=O) groups is 1. The van der Waals surface area contributed by atoms with E-state index in [1.807, 2.05) is 6.92 Å². The van der Waals surface area contributed by atoms with Crippen molar-refractivity contribution in [3.8, 4) is 0 Å². The summed E-state index contributed by atoms with van der Waals surface area (Å²) < 4.78 is 0. The van der Waals surface area contributed by atoms with Gasteiger partial charge >= 0.3 is 0 Å². The summed E-state index contributed by atoms with van der Waals surface area (Å²) in [6.07, 6.45) is 4.15. The fourth-order valence-electron chi connectivity index (χ4n) is 2.53. The van der Waals surface area contributed by atoms with Crippen LogP contribution in [-0.4, -0.2) is 42.5 Å². The van der Waals surface area contributed by atoms with E-state index in [2.05, 4.69) is 31.1 Å². The summed E-state index contributed by atoms with van der Waals surface area (Å²) in [5, 5.41) is 3.03. The fourth-order valence-corrected chi connectivity index (χ4v) is 2.53. The zero-order valence-corrected chi connectivity index (χ0v) is 14.8. The molecule has 0 aromatic carbocycles. The summed E-state index contributed by atoms with van der Waals surface area (Å²) in [5.74, 6) is 0.118. The Bertz CT molecular complexity index is 286. The van der Waals surface area contributed by atoms with Gasteiger partial charge in [0.25, 0.3) is 0 Å². The lowest BCUT2D eigenvalue weighted by molar-refractivity contribution is -0.128. The molecule has 3 N–H and O–H groups in total. The van der Waals surface area contributed by atoms with Crippen molar-refractivity contribution in [2.45, 2.75) is 58.0 Å². The number of nitrogens with two attached hydrogens (primary N) is 1. The first kappa shape index (κ1) is 22.3. The average Bonchev–Trinajstić information content (AvgIpc) is 2.27. The van der Waals surface area contributed by atoms with Gasteiger partial charge < -0.3 is 16.0 Å². The van der Waals surface area contributed by atoms with Crippen LogP contribution in [0.1, 0.15) is 46.5 Å². The molecule has 4 nitrogen and oxygen atoms in total. The standard InChI is InChI=1S/C14H29N3O.2ClH/c1-11(2)17(4)10-9-16-13(18)12-7-5-6-8-14(12,3)15;;/h11-12H,5-10,15H2,1-4H3,(H,16,18);2*1H. The van der Waals surface area contributed by atoms with Crippen molar-refractivity contribution in [3.05, 3.63) is 0 Å². The maximum absolute atomic E-state index is 12.2. The Balaban J connectivity index is 0. The van der Waals surface area contributed by atoms with Crippen LogP contribution in [0.3, 0.4) is 0 Å². The fraction of sp³-hybridized carbons (Fsp3) is 0.929. The van der Waals surface area contributed by atoms with E-state index in [-0.39, 0.29) is 42.2 Å². The number of nitrogens with one attached hydrogen (secondary N) is 1. The molecule has 122 valence electrons. The van der Waals surface area contributed by atoms with E-state index in [0.29, 0.717) is 12.6 Å². The lowest BCUT2D eigenvalue weighted by atomic mass is 9.74. The summed E-state index contributed by atoms with van der Waals surface area (Å²) in [4.78, 5) is 14.4. The van der Waals surface area contributed by atoms with Gasteiger partial charge in [-0.3, -0.25) is 4.79 Å². The third-order valence-corrected chi connectivity index (χ3v) is 4.22. The van der Waals surface area contributed by atoms with Crippen LogP contribution in [0.25, 0.3) is 0 Å². The smallest absolute Gasteiger partial charge is 0.225 e. The lowest BCUT2D eigenvalue weighted by Crippen LogP contribution is -2.53. The second kappa shape index (κ2) is 9.82. The quantitative estimate of drug-likeness (QED) is 0.813. The van der Waals surface area contributed by atoms with E-state index in [1.165, 1.54) is 0 Å². The molecule has 0 aromatic heterocycles. The summed E-state index contributed by atoms with van der Waals surface area (Å²) >= 11 is 0. The predicted molar refractivity (Wildman–Crippen MR) is 89.8 cm³/mol. The average molecular weight is 328 g/mol. The lowest BCUT2D eigenvalue weighted by Gasteiger charge is -2.37. The third kappa shape index (κ3) is 6.61. The second-order valence-corrected chi connectivity index (χ2v) is 6.17. The van der Waals surface area contributed by atoms with Crippen molar-refractivity contribution in [3.63, 3.8) is 0 Å². The second-order valence-electron chi connectivity index (χ2n) is 6.17. The van der Waals surface area contributed by atoms with Gasteiger partial charge in [-0.1, -0.05) is 12.8 Å². The largest absolute Gasteiger partial charge is 0.355 e. The van der Waals surface area contributed by atoms with Crippen molar-refractivity contribution in [1.29, 1.82) is 0 Å². The van der Waals surface area contributed by atoms with Gasteiger partial charge in [0, 0.05) is 24.7 Å². The molecule has 2 atom stereocenters. The van der Waals surface area contributed by atoms with Gasteiger partial charge in [-0.15, -0.1) is 24.8 Å². The molecule has 1 rings (SSSR count). The van der Waals surface area contributed by atoms with Crippen LogP contribution in [0.2, 0.25) is 0 Å². The number of nitrogens with zero attached hydrogens (tertiary/aromatic N) is 1. The molecule has 0 radical (unpaired) electrons. The Morgan fingerprint density at radius 3 is 2.50 bits per heavy atom. The number of hydrogen-bond donors (Lipinski definition) is 2. The maximum Gasteiger partial charge on any atom is 0.225 e. The number of likely N-dealkylation sites (N-methyl/N-ethyl adjacent to an activating group) is 1. The molecule has 0 saturated heterocycles. The van der Waals surface area contributed by atoms with Crippen molar-refractivity contribution >= 4 is 30.7 Å². The first-order valence-corrected chi connectivity index (χ1v) is 7.11. The summed E-state index contributed by atoms with van der Waals surface area (Å²) in [6.45, 7) is 7.91. The molecular weight excluding hydrogens is 297 g/mol. The van der Waals surface area contributed by atoms with E-state index in [9.17, 15) is 4.79 Å². The number of amides is 1. The number of carbonyl (C=O) groups excluding carboxylic acids is 1. The van der Waals surface area contributed by atoms with E-state index in [4.69, 9.17) is 5.73 Å². The summed E-state index contributed by atoms with van der Waals surface area (Å²) in [7, 11) is 2.07. The molecule has 0 heterocycles. The molecule has 1 amide bonds. The predicted octanol–water partition coefficient (Wildman–Crippen LogP) is 2.19. The van der Waals surface area contributed by atoms with Crippen LogP contribution in [-0.2, 0) is 4.79 Å². The number of hydrogen-bond acceptors (Lipinski definition) is 3. The van der Waals surface area contributed by atoms with Gasteiger partial charge in [0.15, 0.2) is 0 Å². The van der Waals surface area contributed by atoms with Gasteiger partial charge in [-0.05, 0) is 40.7 Å². The maximum atomic E-state index is 12.2. The minimum Gasteiger partial charge on any atom is -0.355 e. The number of rotatable bonds is 5. The molecule has 6 heteroatoms. The van der Waals surface area contributed by atoms with E-state index >= 15 is 0 Å². The van der Waals surface area contributed by atoms with Crippen LogP contribution in [0.4, 0.5) is 0 Å². The van der Waals surface area contributed by atoms with E-state index in [1.54, 1.807) is 0 Å². The van der Waals surface area contributed by atoms with Gasteiger partial charge in [-0.25, -0.2) is 0 Å². The Labute approximate surface area is 136 Å². The topological polar surface area (TPSA) is 58.4 Å². The minimum atomic E-state index is -0.327. The Morgan fingerprint density at radius 1 is 1.40 bits per heavy atom. The van der Waals surface area contributed by atoms with E-state index in [0.717, 1.165) is 32.2 Å². The molecule has 1 aliphatic rings. The zero-order chi connectivity index (χ0) is 13.8. The highest BCUT2D eigenvalue weighted by Gasteiger charge is 2.37. The van der Waals surface area contributed by atoms with Crippen LogP contribution >= 0.6 is 24.8 Å². The van der Waals surface area contributed by atoms with Gasteiger partial charge in [0.1, 0.15) is 0 Å². The molecule has 0 bridgehead atoms. The highest BCUT2D eigenvalue weighted by molar-refractivity contribution is 5.85. The molecule has 1 aliphatic carbocycles. The monoisotopic (exact) mass is 327 g/mol. The third-order valence-electron chi connectivity index (χ3n) is 4.22. The van der Waals surface area contributed by atoms with Crippen molar-refractivity contribution in [2.24, 2.45) is 11.7 Å².